The lowest BCUT2D eigenvalue weighted by molar-refractivity contribution is -0.121. The SMILES string of the molecule is O=C1CCCC(O)=C1C(=O)Nc1ccc(Cl)c(Cl)c1. The highest BCUT2D eigenvalue weighted by atomic mass is 35.5. The zero-order chi connectivity index (χ0) is 14.0. The molecule has 0 saturated carbocycles. The fourth-order valence-corrected chi connectivity index (χ4v) is 2.15. The summed E-state index contributed by atoms with van der Waals surface area (Å²) in [5.74, 6) is -1.13. The standard InChI is InChI=1S/C13H11Cl2NO3/c14-8-5-4-7(6-9(8)15)16-13(19)12-10(17)2-1-3-11(12)18/h4-6,17H,1-3H2,(H,16,19). The van der Waals surface area contributed by atoms with Crippen molar-refractivity contribution in [3.8, 4) is 0 Å². The number of nitrogens with one attached hydrogen (secondary N) is 1. The number of benzene rings is 1. The second-order valence-electron chi connectivity index (χ2n) is 4.18. The zero-order valence-corrected chi connectivity index (χ0v) is 11.4. The monoisotopic (exact) mass is 299 g/mol. The molecular formula is C13H11Cl2NO3. The van der Waals surface area contributed by atoms with Crippen molar-refractivity contribution in [1.29, 1.82) is 0 Å². The summed E-state index contributed by atoms with van der Waals surface area (Å²) < 4.78 is 0. The van der Waals surface area contributed by atoms with Crippen LogP contribution in [0.5, 0.6) is 0 Å². The number of ketones is 1. The van der Waals surface area contributed by atoms with Gasteiger partial charge in [0.1, 0.15) is 11.3 Å². The molecule has 100 valence electrons. The molecule has 2 N–H and O–H groups in total. The second kappa shape index (κ2) is 5.63. The van der Waals surface area contributed by atoms with Gasteiger partial charge in [0, 0.05) is 18.5 Å². The summed E-state index contributed by atoms with van der Waals surface area (Å²) in [7, 11) is 0. The van der Waals surface area contributed by atoms with E-state index >= 15 is 0 Å². The predicted octanol–water partition coefficient (Wildman–Crippen LogP) is 3.50. The first-order chi connectivity index (χ1) is 8.99. The van der Waals surface area contributed by atoms with Crippen LogP contribution in [0.1, 0.15) is 19.3 Å². The van der Waals surface area contributed by atoms with Crippen LogP contribution in [0.15, 0.2) is 29.5 Å². The Morgan fingerprint density at radius 3 is 2.58 bits per heavy atom. The quantitative estimate of drug-likeness (QED) is 0.821. The van der Waals surface area contributed by atoms with Gasteiger partial charge < -0.3 is 10.4 Å². The summed E-state index contributed by atoms with van der Waals surface area (Å²) in [6.45, 7) is 0. The van der Waals surface area contributed by atoms with Gasteiger partial charge in [0.05, 0.1) is 10.0 Å². The molecule has 0 saturated heterocycles. The number of allylic oxidation sites excluding steroid dienone is 1. The Labute approximate surface area is 120 Å². The summed E-state index contributed by atoms with van der Waals surface area (Å²) in [6.07, 6.45) is 1.18. The summed E-state index contributed by atoms with van der Waals surface area (Å²) in [4.78, 5) is 23.6. The molecule has 1 aromatic carbocycles. The van der Waals surface area contributed by atoms with E-state index in [0.29, 0.717) is 28.6 Å². The van der Waals surface area contributed by atoms with E-state index in [1.165, 1.54) is 12.1 Å². The van der Waals surface area contributed by atoms with E-state index in [0.717, 1.165) is 0 Å². The summed E-state index contributed by atoms with van der Waals surface area (Å²) in [5, 5.41) is 12.8. The number of carbonyl (C=O) groups is 2. The van der Waals surface area contributed by atoms with Crippen molar-refractivity contribution in [2.24, 2.45) is 0 Å². The minimum absolute atomic E-state index is 0.159. The normalized spacial score (nSPS) is 15.6. The van der Waals surface area contributed by atoms with E-state index in [1.807, 2.05) is 0 Å². The average molecular weight is 300 g/mol. The molecule has 0 atom stereocenters. The Kier molecular flexibility index (Phi) is 4.12. The van der Waals surface area contributed by atoms with Gasteiger partial charge in [-0.2, -0.15) is 0 Å². The number of carbonyl (C=O) groups excluding carboxylic acids is 2. The highest BCUT2D eigenvalue weighted by Crippen LogP contribution is 2.26. The van der Waals surface area contributed by atoms with Crippen LogP contribution < -0.4 is 5.32 Å². The lowest BCUT2D eigenvalue weighted by Gasteiger charge is -2.14. The maximum Gasteiger partial charge on any atom is 0.262 e. The van der Waals surface area contributed by atoms with Gasteiger partial charge >= 0.3 is 0 Å². The molecule has 1 aliphatic rings. The van der Waals surface area contributed by atoms with E-state index in [-0.39, 0.29) is 23.5 Å². The van der Waals surface area contributed by atoms with Crippen molar-refractivity contribution in [2.75, 3.05) is 5.32 Å². The molecule has 0 bridgehead atoms. The van der Waals surface area contributed by atoms with Gasteiger partial charge in [0.2, 0.25) is 0 Å². The molecule has 2 rings (SSSR count). The third-order valence-electron chi connectivity index (χ3n) is 2.79. The molecular weight excluding hydrogens is 289 g/mol. The average Bonchev–Trinajstić information content (AvgIpc) is 2.33. The molecule has 0 spiro atoms. The lowest BCUT2D eigenvalue weighted by Crippen LogP contribution is -2.24. The van der Waals surface area contributed by atoms with Crippen LogP contribution in [-0.2, 0) is 9.59 Å². The minimum atomic E-state index is -0.624. The number of halogens is 2. The number of aliphatic hydroxyl groups is 1. The number of rotatable bonds is 2. The molecule has 0 unspecified atom stereocenters. The third-order valence-corrected chi connectivity index (χ3v) is 3.53. The van der Waals surface area contributed by atoms with Crippen molar-refractivity contribution in [2.45, 2.75) is 19.3 Å². The van der Waals surface area contributed by atoms with Gasteiger partial charge in [-0.1, -0.05) is 23.2 Å². The van der Waals surface area contributed by atoms with E-state index in [4.69, 9.17) is 23.2 Å². The number of hydrogen-bond donors (Lipinski definition) is 2. The molecule has 0 fully saturated rings. The summed E-state index contributed by atoms with van der Waals surface area (Å²) >= 11 is 11.6. The molecule has 0 radical (unpaired) electrons. The Morgan fingerprint density at radius 2 is 1.95 bits per heavy atom. The van der Waals surface area contributed by atoms with Crippen LogP contribution in [-0.4, -0.2) is 16.8 Å². The molecule has 6 heteroatoms. The van der Waals surface area contributed by atoms with Gasteiger partial charge in [-0.15, -0.1) is 0 Å². The van der Waals surface area contributed by atoms with Gasteiger partial charge in [-0.25, -0.2) is 0 Å². The number of anilines is 1. The summed E-state index contributed by atoms with van der Waals surface area (Å²) in [6, 6.07) is 4.58. The van der Waals surface area contributed by atoms with Crippen LogP contribution in [0.4, 0.5) is 5.69 Å². The number of Topliss-reactive ketones (excluding diaryl/α,β-unsaturated/α-hetero) is 1. The van der Waals surface area contributed by atoms with Gasteiger partial charge in [-0.05, 0) is 24.6 Å². The van der Waals surface area contributed by atoms with E-state index in [1.54, 1.807) is 6.07 Å². The first-order valence-corrected chi connectivity index (χ1v) is 6.46. The van der Waals surface area contributed by atoms with E-state index < -0.39 is 5.91 Å². The van der Waals surface area contributed by atoms with Crippen molar-refractivity contribution in [1.82, 2.24) is 0 Å². The Balaban J connectivity index is 2.21. The topological polar surface area (TPSA) is 66.4 Å². The summed E-state index contributed by atoms with van der Waals surface area (Å²) in [5.41, 5.74) is 0.246. The van der Waals surface area contributed by atoms with Crippen LogP contribution in [0.3, 0.4) is 0 Å². The molecule has 0 aliphatic heterocycles. The van der Waals surface area contributed by atoms with Crippen molar-refractivity contribution in [3.63, 3.8) is 0 Å². The largest absolute Gasteiger partial charge is 0.511 e. The number of hydrogen-bond acceptors (Lipinski definition) is 3. The van der Waals surface area contributed by atoms with Crippen LogP contribution in [0.25, 0.3) is 0 Å². The van der Waals surface area contributed by atoms with Crippen molar-refractivity contribution >= 4 is 40.6 Å². The van der Waals surface area contributed by atoms with E-state index in [9.17, 15) is 14.7 Å². The van der Waals surface area contributed by atoms with Crippen LogP contribution in [0, 0.1) is 0 Å². The number of amides is 1. The predicted molar refractivity (Wildman–Crippen MR) is 73.6 cm³/mol. The van der Waals surface area contributed by atoms with Gasteiger partial charge in [-0.3, -0.25) is 9.59 Å². The molecule has 4 nitrogen and oxygen atoms in total. The molecule has 0 aromatic heterocycles. The lowest BCUT2D eigenvalue weighted by atomic mass is 9.95. The molecule has 1 aromatic rings. The van der Waals surface area contributed by atoms with Gasteiger partial charge in [0.15, 0.2) is 5.78 Å². The second-order valence-corrected chi connectivity index (χ2v) is 5.00. The highest BCUT2D eigenvalue weighted by Gasteiger charge is 2.26. The fourth-order valence-electron chi connectivity index (χ4n) is 1.85. The molecule has 1 amide bonds. The maximum atomic E-state index is 12.0. The number of aliphatic hydroxyl groups excluding tert-OH is 1. The van der Waals surface area contributed by atoms with Crippen LogP contribution in [0.2, 0.25) is 10.0 Å². The van der Waals surface area contributed by atoms with Crippen molar-refractivity contribution < 1.29 is 14.7 Å². The third kappa shape index (κ3) is 3.08. The Morgan fingerprint density at radius 1 is 1.21 bits per heavy atom. The molecule has 0 heterocycles. The smallest absolute Gasteiger partial charge is 0.262 e. The van der Waals surface area contributed by atoms with Gasteiger partial charge in [0.25, 0.3) is 5.91 Å². The van der Waals surface area contributed by atoms with E-state index in [2.05, 4.69) is 5.32 Å². The Hall–Kier alpha value is -1.52. The first kappa shape index (κ1) is 13.9. The Bertz CT molecular complexity index is 581. The fraction of sp³-hybridized carbons (Fsp3) is 0.231. The van der Waals surface area contributed by atoms with Crippen molar-refractivity contribution in [3.05, 3.63) is 39.6 Å². The molecule has 1 aliphatic carbocycles. The minimum Gasteiger partial charge on any atom is -0.511 e. The highest BCUT2D eigenvalue weighted by molar-refractivity contribution is 6.42. The first-order valence-electron chi connectivity index (χ1n) is 5.70. The zero-order valence-electron chi connectivity index (χ0n) is 9.87. The maximum absolute atomic E-state index is 12.0. The van der Waals surface area contributed by atoms with Crippen LogP contribution >= 0.6 is 23.2 Å². The molecule has 19 heavy (non-hydrogen) atoms.